The van der Waals surface area contributed by atoms with Crippen LogP contribution in [-0.2, 0) is 19.1 Å². The molecular formula is C25H34N2O4. The first-order valence-corrected chi connectivity index (χ1v) is 11.6. The van der Waals surface area contributed by atoms with Crippen molar-refractivity contribution < 1.29 is 19.1 Å². The van der Waals surface area contributed by atoms with Crippen molar-refractivity contribution in [3.63, 3.8) is 0 Å². The van der Waals surface area contributed by atoms with E-state index in [-0.39, 0.29) is 29.8 Å². The molecule has 0 saturated heterocycles. The molecule has 0 radical (unpaired) electrons. The first-order valence-electron chi connectivity index (χ1n) is 11.6. The van der Waals surface area contributed by atoms with Gasteiger partial charge in [0.2, 0.25) is 5.91 Å². The van der Waals surface area contributed by atoms with Gasteiger partial charge in [-0.05, 0) is 80.8 Å². The molecule has 4 saturated carbocycles. The zero-order valence-electron chi connectivity index (χ0n) is 18.8. The highest BCUT2D eigenvalue weighted by molar-refractivity contribution is 5.94. The van der Waals surface area contributed by atoms with Gasteiger partial charge in [0.15, 0.2) is 6.61 Å². The van der Waals surface area contributed by atoms with Crippen molar-refractivity contribution >= 4 is 23.5 Å². The molecule has 4 aliphatic carbocycles. The molecular weight excluding hydrogens is 392 g/mol. The number of benzene rings is 1. The fourth-order valence-corrected chi connectivity index (χ4v) is 6.36. The average molecular weight is 427 g/mol. The van der Waals surface area contributed by atoms with Gasteiger partial charge in [0.1, 0.15) is 6.04 Å². The number of nitrogens with one attached hydrogen (secondary N) is 2. The van der Waals surface area contributed by atoms with Gasteiger partial charge >= 0.3 is 5.97 Å². The van der Waals surface area contributed by atoms with Gasteiger partial charge in [-0.25, -0.2) is 4.79 Å². The van der Waals surface area contributed by atoms with Crippen LogP contribution in [0.15, 0.2) is 24.3 Å². The molecule has 0 aromatic heterocycles. The van der Waals surface area contributed by atoms with E-state index in [1.54, 1.807) is 6.92 Å². The number of esters is 1. The summed E-state index contributed by atoms with van der Waals surface area (Å²) in [4.78, 5) is 37.8. The van der Waals surface area contributed by atoms with Crippen molar-refractivity contribution in [2.75, 3.05) is 11.9 Å². The number of para-hydroxylation sites is 1. The molecule has 168 valence electrons. The maximum Gasteiger partial charge on any atom is 0.328 e. The van der Waals surface area contributed by atoms with Gasteiger partial charge in [-0.1, -0.05) is 32.0 Å². The number of carbonyl (C=O) groups is 3. The molecule has 5 rings (SSSR count). The van der Waals surface area contributed by atoms with Crippen molar-refractivity contribution in [3.05, 3.63) is 29.8 Å². The maximum atomic E-state index is 13.1. The summed E-state index contributed by atoms with van der Waals surface area (Å²) in [6.45, 7) is 5.37. The van der Waals surface area contributed by atoms with Crippen LogP contribution in [0.25, 0.3) is 0 Å². The van der Waals surface area contributed by atoms with Gasteiger partial charge in [-0.2, -0.15) is 0 Å². The summed E-state index contributed by atoms with van der Waals surface area (Å²) in [5.41, 5.74) is 1.45. The van der Waals surface area contributed by atoms with E-state index in [2.05, 4.69) is 24.5 Å². The topological polar surface area (TPSA) is 84.5 Å². The van der Waals surface area contributed by atoms with Crippen molar-refractivity contribution in [2.24, 2.45) is 23.2 Å². The largest absolute Gasteiger partial charge is 0.454 e. The molecule has 0 aliphatic heterocycles. The summed E-state index contributed by atoms with van der Waals surface area (Å²) in [7, 11) is 0. The van der Waals surface area contributed by atoms with Gasteiger partial charge in [0.05, 0.1) is 0 Å². The predicted octanol–water partition coefficient (Wildman–Crippen LogP) is 4.01. The summed E-state index contributed by atoms with van der Waals surface area (Å²) in [6, 6.07) is 6.82. The highest BCUT2D eigenvalue weighted by Gasteiger charge is 2.54. The minimum absolute atomic E-state index is 0.00800. The smallest absolute Gasteiger partial charge is 0.328 e. The van der Waals surface area contributed by atoms with Crippen LogP contribution in [0.5, 0.6) is 0 Å². The Balaban J connectivity index is 1.27. The second kappa shape index (κ2) is 8.64. The normalized spacial score (nSPS) is 29.5. The Morgan fingerprint density at radius 2 is 1.58 bits per heavy atom. The fraction of sp³-hybridized carbons (Fsp3) is 0.640. The molecule has 0 unspecified atom stereocenters. The van der Waals surface area contributed by atoms with E-state index in [9.17, 15) is 14.4 Å². The van der Waals surface area contributed by atoms with Gasteiger partial charge in [-0.3, -0.25) is 9.59 Å². The fourth-order valence-electron chi connectivity index (χ4n) is 6.36. The molecule has 0 heterocycles. The second-order valence-corrected chi connectivity index (χ2v) is 10.3. The molecule has 6 heteroatoms. The average Bonchev–Trinajstić information content (AvgIpc) is 2.71. The van der Waals surface area contributed by atoms with E-state index in [1.807, 2.05) is 24.3 Å². The number of anilines is 1. The third-order valence-corrected chi connectivity index (χ3v) is 7.42. The summed E-state index contributed by atoms with van der Waals surface area (Å²) in [5, 5.41) is 5.70. The van der Waals surface area contributed by atoms with Crippen molar-refractivity contribution in [3.8, 4) is 0 Å². The van der Waals surface area contributed by atoms with Crippen LogP contribution in [0.3, 0.4) is 0 Å². The number of amides is 2. The molecule has 1 aromatic rings. The second-order valence-electron chi connectivity index (χ2n) is 10.3. The minimum atomic E-state index is -0.767. The lowest BCUT2D eigenvalue weighted by molar-refractivity contribution is -0.154. The molecule has 1 aromatic carbocycles. The zero-order valence-corrected chi connectivity index (χ0v) is 18.8. The Morgan fingerprint density at radius 1 is 1.00 bits per heavy atom. The summed E-state index contributed by atoms with van der Waals surface area (Å²) < 4.78 is 5.19. The predicted molar refractivity (Wildman–Crippen MR) is 118 cm³/mol. The number of ether oxygens (including phenoxy) is 1. The van der Waals surface area contributed by atoms with Crippen LogP contribution in [0.2, 0.25) is 0 Å². The highest BCUT2D eigenvalue weighted by Crippen LogP contribution is 2.60. The number of carbonyl (C=O) groups excluding carboxylic acids is 3. The Hall–Kier alpha value is -2.37. The molecule has 4 bridgehead atoms. The molecule has 4 fully saturated rings. The van der Waals surface area contributed by atoms with Crippen LogP contribution in [0.4, 0.5) is 5.69 Å². The zero-order chi connectivity index (χ0) is 22.2. The monoisotopic (exact) mass is 426 g/mol. The van der Waals surface area contributed by atoms with Gasteiger partial charge < -0.3 is 15.4 Å². The molecule has 1 atom stereocenters. The van der Waals surface area contributed by atoms with E-state index < -0.39 is 12.0 Å². The molecule has 31 heavy (non-hydrogen) atoms. The minimum Gasteiger partial charge on any atom is -0.454 e. The lowest BCUT2D eigenvalue weighted by atomic mass is 9.49. The molecule has 6 nitrogen and oxygen atoms in total. The van der Waals surface area contributed by atoms with Crippen LogP contribution in [-0.4, -0.2) is 30.4 Å². The first kappa shape index (κ1) is 21.8. The molecule has 2 N–H and O–H groups in total. The summed E-state index contributed by atoms with van der Waals surface area (Å²) >= 11 is 0. The quantitative estimate of drug-likeness (QED) is 0.645. The van der Waals surface area contributed by atoms with Crippen LogP contribution in [0.1, 0.15) is 70.8 Å². The van der Waals surface area contributed by atoms with Crippen molar-refractivity contribution in [1.82, 2.24) is 5.32 Å². The Morgan fingerprint density at radius 3 is 2.16 bits per heavy atom. The van der Waals surface area contributed by atoms with E-state index in [1.165, 1.54) is 19.3 Å². The molecule has 2 amide bonds. The lowest BCUT2D eigenvalue weighted by Crippen LogP contribution is -2.56. The van der Waals surface area contributed by atoms with E-state index in [4.69, 9.17) is 4.74 Å². The van der Waals surface area contributed by atoms with Crippen LogP contribution >= 0.6 is 0 Å². The SMILES string of the molecule is CC(C)c1ccccc1NC(=O)COC(=O)[C@H](C)NC(=O)C12CC3CC(CC(C3)C1)C2. The van der Waals surface area contributed by atoms with Gasteiger partial charge in [-0.15, -0.1) is 0 Å². The Kier molecular flexibility index (Phi) is 6.09. The van der Waals surface area contributed by atoms with Crippen LogP contribution in [0, 0.1) is 23.2 Å². The number of rotatable bonds is 7. The standard InChI is InChI=1S/C25H34N2O4/c1-15(2)20-6-4-5-7-21(20)27-22(28)14-31-23(29)16(3)26-24(30)25-11-17-8-18(12-25)10-19(9-17)13-25/h4-7,15-19H,8-14H2,1-3H3,(H,26,30)(H,27,28)/t16-,17?,18?,19?,25?/m0/s1. The number of hydrogen-bond acceptors (Lipinski definition) is 4. The van der Waals surface area contributed by atoms with Crippen molar-refractivity contribution in [2.45, 2.75) is 71.3 Å². The summed E-state index contributed by atoms with van der Waals surface area (Å²) in [6.07, 6.45) is 6.64. The van der Waals surface area contributed by atoms with Gasteiger partial charge in [0.25, 0.3) is 5.91 Å². The summed E-state index contributed by atoms with van der Waals surface area (Å²) in [5.74, 6) is 1.28. The highest BCUT2D eigenvalue weighted by atomic mass is 16.5. The van der Waals surface area contributed by atoms with E-state index in [0.717, 1.165) is 30.5 Å². The van der Waals surface area contributed by atoms with E-state index >= 15 is 0 Å². The third kappa shape index (κ3) is 4.63. The van der Waals surface area contributed by atoms with Crippen molar-refractivity contribution in [1.29, 1.82) is 0 Å². The Labute approximate surface area is 184 Å². The van der Waals surface area contributed by atoms with Crippen LogP contribution < -0.4 is 10.6 Å². The lowest BCUT2D eigenvalue weighted by Gasteiger charge is -2.55. The maximum absolute atomic E-state index is 13.1. The number of hydrogen-bond donors (Lipinski definition) is 2. The third-order valence-electron chi connectivity index (χ3n) is 7.42. The Bertz CT molecular complexity index is 828. The van der Waals surface area contributed by atoms with E-state index in [0.29, 0.717) is 17.8 Å². The molecule has 0 spiro atoms. The van der Waals surface area contributed by atoms with Gasteiger partial charge in [0, 0.05) is 11.1 Å². The molecule has 4 aliphatic rings. The first-order chi connectivity index (χ1) is 14.8.